The van der Waals surface area contributed by atoms with Crippen molar-refractivity contribution in [1.29, 1.82) is 0 Å². The van der Waals surface area contributed by atoms with E-state index in [0.29, 0.717) is 0 Å². The molecule has 0 atom stereocenters. The van der Waals surface area contributed by atoms with E-state index in [0.717, 1.165) is 62.0 Å². The summed E-state index contributed by atoms with van der Waals surface area (Å²) in [5.74, 6) is 1.94. The van der Waals surface area contributed by atoms with Gasteiger partial charge in [-0.3, -0.25) is 4.79 Å². The van der Waals surface area contributed by atoms with E-state index < -0.39 is 0 Å². The van der Waals surface area contributed by atoms with Gasteiger partial charge in [-0.1, -0.05) is 0 Å². The Balaban J connectivity index is 1.36. The van der Waals surface area contributed by atoms with Gasteiger partial charge in [0.1, 0.15) is 12.1 Å². The van der Waals surface area contributed by atoms with E-state index in [-0.39, 0.29) is 11.8 Å². The van der Waals surface area contributed by atoms with Crippen molar-refractivity contribution in [2.45, 2.75) is 32.1 Å². The summed E-state index contributed by atoms with van der Waals surface area (Å²) in [6.45, 7) is 3.80. The van der Waals surface area contributed by atoms with Crippen molar-refractivity contribution in [3.05, 3.63) is 36.8 Å². The lowest BCUT2D eigenvalue weighted by Crippen LogP contribution is -2.40. The standard InChI is InChI=1S/C22H29N5O2/c1-29-19-7-5-18(6-8-19)25-22(28)17-9-13-26(14-10-17)20-15-23-16-24-21(20)27-11-3-2-4-12-27/h5-8,15-17H,2-4,9-14H2,1H3,(H,25,28). The number of rotatable bonds is 5. The van der Waals surface area contributed by atoms with Gasteiger partial charge in [-0.15, -0.1) is 0 Å². The molecule has 1 aromatic heterocycles. The van der Waals surface area contributed by atoms with E-state index in [1.807, 2.05) is 30.5 Å². The molecule has 7 nitrogen and oxygen atoms in total. The molecule has 2 aliphatic rings. The van der Waals surface area contributed by atoms with Crippen LogP contribution in [-0.4, -0.2) is 49.2 Å². The molecular formula is C22H29N5O2. The first kappa shape index (κ1) is 19.5. The van der Waals surface area contributed by atoms with Crippen molar-refractivity contribution >= 4 is 23.1 Å². The minimum atomic E-state index is 0.0245. The van der Waals surface area contributed by atoms with Gasteiger partial charge >= 0.3 is 0 Å². The predicted octanol–water partition coefficient (Wildman–Crippen LogP) is 3.33. The van der Waals surface area contributed by atoms with Crippen LogP contribution in [0.2, 0.25) is 0 Å². The number of methoxy groups -OCH3 is 1. The van der Waals surface area contributed by atoms with Crippen LogP contribution in [0.15, 0.2) is 36.8 Å². The summed E-state index contributed by atoms with van der Waals surface area (Å²) in [6.07, 6.45) is 8.96. The van der Waals surface area contributed by atoms with Gasteiger partial charge in [0.2, 0.25) is 5.91 Å². The number of amides is 1. The molecule has 2 aromatic rings. The first-order valence-corrected chi connectivity index (χ1v) is 10.5. The molecule has 1 N–H and O–H groups in total. The summed E-state index contributed by atoms with van der Waals surface area (Å²) in [4.78, 5) is 26.3. The Bertz CT molecular complexity index is 812. The second-order valence-corrected chi connectivity index (χ2v) is 7.76. The van der Waals surface area contributed by atoms with E-state index >= 15 is 0 Å². The summed E-state index contributed by atoms with van der Waals surface area (Å²) in [5.41, 5.74) is 1.91. The van der Waals surface area contributed by atoms with Gasteiger partial charge < -0.3 is 19.9 Å². The van der Waals surface area contributed by atoms with Crippen LogP contribution in [0.1, 0.15) is 32.1 Å². The van der Waals surface area contributed by atoms with E-state index in [2.05, 4.69) is 25.1 Å². The number of aromatic nitrogens is 2. The molecule has 2 fully saturated rings. The van der Waals surface area contributed by atoms with Gasteiger partial charge in [0.05, 0.1) is 19.0 Å². The highest BCUT2D eigenvalue weighted by molar-refractivity contribution is 5.92. The molecule has 2 saturated heterocycles. The summed E-state index contributed by atoms with van der Waals surface area (Å²) < 4.78 is 5.17. The van der Waals surface area contributed by atoms with Crippen molar-refractivity contribution < 1.29 is 9.53 Å². The van der Waals surface area contributed by atoms with Crippen molar-refractivity contribution in [1.82, 2.24) is 9.97 Å². The molecular weight excluding hydrogens is 366 g/mol. The van der Waals surface area contributed by atoms with E-state index in [1.54, 1.807) is 13.4 Å². The molecule has 3 heterocycles. The molecule has 7 heteroatoms. The lowest BCUT2D eigenvalue weighted by Gasteiger charge is -2.36. The number of carbonyl (C=O) groups is 1. The van der Waals surface area contributed by atoms with Crippen molar-refractivity contribution in [2.24, 2.45) is 5.92 Å². The number of piperidine rings is 2. The fourth-order valence-corrected chi connectivity index (χ4v) is 4.19. The van der Waals surface area contributed by atoms with Crippen LogP contribution in [0.25, 0.3) is 0 Å². The molecule has 154 valence electrons. The van der Waals surface area contributed by atoms with Crippen LogP contribution in [0.3, 0.4) is 0 Å². The Hall–Kier alpha value is -2.83. The minimum Gasteiger partial charge on any atom is -0.497 e. The van der Waals surface area contributed by atoms with Crippen molar-refractivity contribution in [3.8, 4) is 5.75 Å². The third kappa shape index (κ3) is 4.60. The highest BCUT2D eigenvalue weighted by atomic mass is 16.5. The Kier molecular flexibility index (Phi) is 6.12. The molecule has 2 aliphatic heterocycles. The Morgan fingerprint density at radius 1 is 1.03 bits per heavy atom. The summed E-state index contributed by atoms with van der Waals surface area (Å²) in [7, 11) is 1.63. The molecule has 0 spiro atoms. The third-order valence-electron chi connectivity index (χ3n) is 5.89. The van der Waals surface area contributed by atoms with Gasteiger partial charge in [-0.25, -0.2) is 9.97 Å². The predicted molar refractivity (Wildman–Crippen MR) is 115 cm³/mol. The van der Waals surface area contributed by atoms with Gasteiger partial charge in [-0.05, 0) is 56.4 Å². The number of nitrogens with one attached hydrogen (secondary N) is 1. The monoisotopic (exact) mass is 395 g/mol. The van der Waals surface area contributed by atoms with E-state index in [4.69, 9.17) is 4.74 Å². The van der Waals surface area contributed by atoms with Crippen molar-refractivity contribution in [2.75, 3.05) is 48.4 Å². The molecule has 4 rings (SSSR count). The zero-order chi connectivity index (χ0) is 20.1. The van der Waals surface area contributed by atoms with Crippen LogP contribution in [-0.2, 0) is 4.79 Å². The quantitative estimate of drug-likeness (QED) is 0.837. The number of carbonyl (C=O) groups excluding carboxylic acids is 1. The molecule has 0 bridgehead atoms. The zero-order valence-electron chi connectivity index (χ0n) is 17.0. The number of ether oxygens (including phenoxy) is 1. The first-order chi connectivity index (χ1) is 14.2. The third-order valence-corrected chi connectivity index (χ3v) is 5.89. The van der Waals surface area contributed by atoms with Crippen molar-refractivity contribution in [3.63, 3.8) is 0 Å². The normalized spacial score (nSPS) is 17.8. The second-order valence-electron chi connectivity index (χ2n) is 7.76. The highest BCUT2D eigenvalue weighted by Gasteiger charge is 2.28. The first-order valence-electron chi connectivity index (χ1n) is 10.5. The number of benzene rings is 1. The number of anilines is 3. The maximum absolute atomic E-state index is 12.7. The average Bonchev–Trinajstić information content (AvgIpc) is 2.80. The Morgan fingerprint density at radius 2 is 1.76 bits per heavy atom. The van der Waals surface area contributed by atoms with Crippen LogP contribution in [0.5, 0.6) is 5.75 Å². The fourth-order valence-electron chi connectivity index (χ4n) is 4.19. The lowest BCUT2D eigenvalue weighted by molar-refractivity contribution is -0.120. The van der Waals surface area contributed by atoms with E-state index in [1.165, 1.54) is 19.3 Å². The minimum absolute atomic E-state index is 0.0245. The van der Waals surface area contributed by atoms with Gasteiger partial charge in [0, 0.05) is 37.8 Å². The SMILES string of the molecule is COc1ccc(NC(=O)C2CCN(c3cncnc3N3CCCCC3)CC2)cc1. The van der Waals surface area contributed by atoms with Crippen LogP contribution >= 0.6 is 0 Å². The number of hydrogen-bond acceptors (Lipinski definition) is 6. The largest absolute Gasteiger partial charge is 0.497 e. The summed E-state index contributed by atoms with van der Waals surface area (Å²) in [6, 6.07) is 7.46. The Labute approximate surface area is 172 Å². The number of nitrogens with zero attached hydrogens (tertiary/aromatic N) is 4. The Morgan fingerprint density at radius 3 is 2.45 bits per heavy atom. The number of hydrogen-bond donors (Lipinski definition) is 1. The smallest absolute Gasteiger partial charge is 0.227 e. The van der Waals surface area contributed by atoms with Crippen LogP contribution < -0.4 is 19.9 Å². The zero-order valence-corrected chi connectivity index (χ0v) is 17.0. The molecule has 0 saturated carbocycles. The maximum Gasteiger partial charge on any atom is 0.227 e. The van der Waals surface area contributed by atoms with Gasteiger partial charge in [-0.2, -0.15) is 0 Å². The van der Waals surface area contributed by atoms with Gasteiger partial charge in [0.15, 0.2) is 5.82 Å². The maximum atomic E-state index is 12.7. The topological polar surface area (TPSA) is 70.6 Å². The molecule has 29 heavy (non-hydrogen) atoms. The van der Waals surface area contributed by atoms with Crippen LogP contribution in [0.4, 0.5) is 17.2 Å². The lowest BCUT2D eigenvalue weighted by atomic mass is 9.95. The van der Waals surface area contributed by atoms with E-state index in [9.17, 15) is 4.79 Å². The fraction of sp³-hybridized carbons (Fsp3) is 0.500. The van der Waals surface area contributed by atoms with Crippen LogP contribution in [0, 0.1) is 5.92 Å². The van der Waals surface area contributed by atoms with Gasteiger partial charge in [0.25, 0.3) is 0 Å². The molecule has 0 radical (unpaired) electrons. The average molecular weight is 396 g/mol. The molecule has 0 unspecified atom stereocenters. The summed E-state index contributed by atoms with van der Waals surface area (Å²) >= 11 is 0. The molecule has 1 amide bonds. The summed E-state index contributed by atoms with van der Waals surface area (Å²) in [5, 5.41) is 3.03. The molecule has 1 aromatic carbocycles. The molecule has 0 aliphatic carbocycles. The second kappa shape index (κ2) is 9.11. The highest BCUT2D eigenvalue weighted by Crippen LogP contribution is 2.31.